The number of nitrogens with zero attached hydrogens (tertiary/aromatic N) is 2. The zero-order valence-corrected chi connectivity index (χ0v) is 34.1. The molecule has 0 N–H and O–H groups in total. The average Bonchev–Trinajstić information content (AvgIpc) is 3.68. The second-order valence-electron chi connectivity index (χ2n) is 15.8. The van der Waals surface area contributed by atoms with Crippen molar-refractivity contribution in [2.45, 2.75) is 0 Å². The number of benzene rings is 10. The third-order valence-electron chi connectivity index (χ3n) is 11.9. The van der Waals surface area contributed by atoms with Crippen LogP contribution in [0.3, 0.4) is 0 Å². The SMILES string of the molecule is c1ccc(-c2cccc(N(c3cccc(-c4ccccc4)c3)c3cccc(-c4cccc(-n5c6ccc(-c7ccccc7)cc6c6cc(-c7ccccc7)ccc65)c4)c3)c2)cc1. The van der Waals surface area contributed by atoms with Gasteiger partial charge >= 0.3 is 0 Å². The van der Waals surface area contributed by atoms with Crippen molar-refractivity contribution < 1.29 is 0 Å². The monoisotopic (exact) mass is 790 g/mol. The van der Waals surface area contributed by atoms with Gasteiger partial charge in [-0.15, -0.1) is 0 Å². The van der Waals surface area contributed by atoms with E-state index in [0.717, 1.165) is 33.9 Å². The van der Waals surface area contributed by atoms with Gasteiger partial charge in [0.1, 0.15) is 0 Å². The Morgan fingerprint density at radius 3 is 0.919 bits per heavy atom. The molecule has 2 heteroatoms. The lowest BCUT2D eigenvalue weighted by molar-refractivity contribution is 1.18. The molecule has 0 spiro atoms. The van der Waals surface area contributed by atoms with E-state index in [-0.39, 0.29) is 0 Å². The maximum absolute atomic E-state index is 2.43. The van der Waals surface area contributed by atoms with Crippen LogP contribution in [-0.2, 0) is 0 Å². The molecule has 10 aromatic carbocycles. The van der Waals surface area contributed by atoms with Crippen LogP contribution in [-0.4, -0.2) is 4.57 Å². The number of aromatic nitrogens is 1. The van der Waals surface area contributed by atoms with Crippen LogP contribution in [0.2, 0.25) is 0 Å². The Labute approximate surface area is 362 Å². The van der Waals surface area contributed by atoms with Gasteiger partial charge in [0.05, 0.1) is 11.0 Å². The van der Waals surface area contributed by atoms with Gasteiger partial charge in [-0.1, -0.05) is 182 Å². The molecule has 11 aromatic rings. The van der Waals surface area contributed by atoms with Gasteiger partial charge in [-0.25, -0.2) is 0 Å². The second kappa shape index (κ2) is 16.1. The summed E-state index contributed by atoms with van der Waals surface area (Å²) in [6.45, 7) is 0. The van der Waals surface area contributed by atoms with Crippen LogP contribution in [0.5, 0.6) is 0 Å². The van der Waals surface area contributed by atoms with Crippen molar-refractivity contribution in [2.24, 2.45) is 0 Å². The lowest BCUT2D eigenvalue weighted by Crippen LogP contribution is -2.10. The van der Waals surface area contributed by atoms with E-state index in [1.807, 2.05) is 0 Å². The van der Waals surface area contributed by atoms with E-state index >= 15 is 0 Å². The minimum absolute atomic E-state index is 1.09. The number of rotatable bonds is 9. The van der Waals surface area contributed by atoms with Crippen LogP contribution < -0.4 is 4.90 Å². The summed E-state index contributed by atoms with van der Waals surface area (Å²) in [5.74, 6) is 0. The molecule has 0 radical (unpaired) electrons. The molecule has 11 rings (SSSR count). The molecule has 1 heterocycles. The molecule has 0 fully saturated rings. The lowest BCUT2D eigenvalue weighted by atomic mass is 10.0. The Hall–Kier alpha value is -8.20. The summed E-state index contributed by atoms with van der Waals surface area (Å²) in [7, 11) is 0. The van der Waals surface area contributed by atoms with E-state index in [1.165, 1.54) is 66.3 Å². The number of fused-ring (bicyclic) bond motifs is 3. The molecule has 0 saturated carbocycles. The molecule has 2 nitrogen and oxygen atoms in total. The van der Waals surface area contributed by atoms with Gasteiger partial charge in [0.25, 0.3) is 0 Å². The smallest absolute Gasteiger partial charge is 0.0541 e. The van der Waals surface area contributed by atoms with Gasteiger partial charge in [-0.05, 0) is 128 Å². The second-order valence-corrected chi connectivity index (χ2v) is 15.8. The molecule has 0 aliphatic heterocycles. The van der Waals surface area contributed by atoms with E-state index in [0.29, 0.717) is 0 Å². The van der Waals surface area contributed by atoms with Crippen molar-refractivity contribution in [3.63, 3.8) is 0 Å². The Kier molecular flexibility index (Phi) is 9.57. The predicted octanol–water partition coefficient (Wildman–Crippen LogP) is 16.6. The fourth-order valence-electron chi connectivity index (χ4n) is 8.93. The maximum Gasteiger partial charge on any atom is 0.0541 e. The largest absolute Gasteiger partial charge is 0.310 e. The summed E-state index contributed by atoms with van der Waals surface area (Å²) >= 11 is 0. The summed E-state index contributed by atoms with van der Waals surface area (Å²) in [4.78, 5) is 2.38. The minimum Gasteiger partial charge on any atom is -0.310 e. The third kappa shape index (κ3) is 7.04. The summed E-state index contributed by atoms with van der Waals surface area (Å²) in [6.07, 6.45) is 0. The van der Waals surface area contributed by atoms with Crippen molar-refractivity contribution in [3.05, 3.63) is 255 Å². The molecule has 0 atom stereocenters. The molecule has 62 heavy (non-hydrogen) atoms. The van der Waals surface area contributed by atoms with Crippen LogP contribution in [0.15, 0.2) is 255 Å². The first kappa shape index (κ1) is 36.8. The van der Waals surface area contributed by atoms with E-state index in [1.54, 1.807) is 0 Å². The van der Waals surface area contributed by atoms with Crippen molar-refractivity contribution >= 4 is 38.9 Å². The van der Waals surface area contributed by atoms with Gasteiger partial charge in [0.15, 0.2) is 0 Å². The highest BCUT2D eigenvalue weighted by Gasteiger charge is 2.18. The van der Waals surface area contributed by atoms with Crippen molar-refractivity contribution in [1.29, 1.82) is 0 Å². The van der Waals surface area contributed by atoms with Crippen LogP contribution in [0.1, 0.15) is 0 Å². The Bertz CT molecular complexity index is 3150. The van der Waals surface area contributed by atoms with Crippen LogP contribution in [0, 0.1) is 0 Å². The Balaban J connectivity index is 1.04. The molecule has 0 aliphatic carbocycles. The fraction of sp³-hybridized carbons (Fsp3) is 0. The molecule has 292 valence electrons. The van der Waals surface area contributed by atoms with Crippen LogP contribution >= 0.6 is 0 Å². The zero-order valence-electron chi connectivity index (χ0n) is 34.1. The van der Waals surface area contributed by atoms with Crippen LogP contribution in [0.25, 0.3) is 83.1 Å². The van der Waals surface area contributed by atoms with Gasteiger partial charge in [-0.3, -0.25) is 0 Å². The van der Waals surface area contributed by atoms with E-state index in [4.69, 9.17) is 0 Å². The predicted molar refractivity (Wildman–Crippen MR) is 263 cm³/mol. The Morgan fingerprint density at radius 1 is 0.226 bits per heavy atom. The van der Waals surface area contributed by atoms with Crippen molar-refractivity contribution in [1.82, 2.24) is 4.57 Å². The topological polar surface area (TPSA) is 8.17 Å². The average molecular weight is 791 g/mol. The Morgan fingerprint density at radius 2 is 0.532 bits per heavy atom. The molecule has 0 aliphatic rings. The molecular weight excluding hydrogens is 749 g/mol. The molecule has 0 saturated heterocycles. The highest BCUT2D eigenvalue weighted by atomic mass is 15.1. The van der Waals surface area contributed by atoms with Crippen molar-refractivity contribution in [3.8, 4) is 61.3 Å². The van der Waals surface area contributed by atoms with Gasteiger partial charge in [0, 0.05) is 33.5 Å². The number of anilines is 3. The van der Waals surface area contributed by atoms with E-state index in [9.17, 15) is 0 Å². The third-order valence-corrected chi connectivity index (χ3v) is 11.9. The standard InChI is InChI=1S/C60H42N2/c1-5-17-43(18-6-1)47-25-13-29-53(37-47)61(54-30-14-26-48(38-54)44-19-7-2-8-20-44)55-31-15-27-49(39-55)50-28-16-32-56(40-50)62-59-35-33-51(45-21-9-3-10-22-45)41-57(59)58-42-52(34-36-60(58)62)46-23-11-4-12-24-46/h1-42H. The molecule has 1 aromatic heterocycles. The normalized spacial score (nSPS) is 11.2. The van der Waals surface area contributed by atoms with Crippen LogP contribution in [0.4, 0.5) is 17.1 Å². The first-order valence-corrected chi connectivity index (χ1v) is 21.2. The molecule has 0 unspecified atom stereocenters. The van der Waals surface area contributed by atoms with Gasteiger partial charge < -0.3 is 9.47 Å². The van der Waals surface area contributed by atoms with Crippen molar-refractivity contribution in [2.75, 3.05) is 4.90 Å². The quantitative estimate of drug-likeness (QED) is 0.141. The zero-order chi connectivity index (χ0) is 41.2. The van der Waals surface area contributed by atoms with E-state index in [2.05, 4.69) is 264 Å². The first-order chi connectivity index (χ1) is 30.7. The fourth-order valence-corrected chi connectivity index (χ4v) is 8.93. The highest BCUT2D eigenvalue weighted by Crippen LogP contribution is 2.41. The lowest BCUT2D eigenvalue weighted by Gasteiger charge is -2.27. The first-order valence-electron chi connectivity index (χ1n) is 21.2. The minimum atomic E-state index is 1.09. The summed E-state index contributed by atoms with van der Waals surface area (Å²) in [5, 5.41) is 2.47. The van der Waals surface area contributed by atoms with Gasteiger partial charge in [0.2, 0.25) is 0 Å². The summed E-state index contributed by atoms with van der Waals surface area (Å²) in [6, 6.07) is 92.1. The molecule has 0 bridgehead atoms. The van der Waals surface area contributed by atoms with E-state index < -0.39 is 0 Å². The summed E-state index contributed by atoms with van der Waals surface area (Å²) in [5.41, 5.74) is 18.6. The number of hydrogen-bond donors (Lipinski definition) is 0. The number of hydrogen-bond acceptors (Lipinski definition) is 1. The maximum atomic E-state index is 2.43. The molecular formula is C60H42N2. The van der Waals surface area contributed by atoms with Gasteiger partial charge in [-0.2, -0.15) is 0 Å². The molecule has 0 amide bonds. The highest BCUT2D eigenvalue weighted by molar-refractivity contribution is 6.11. The summed E-state index contributed by atoms with van der Waals surface area (Å²) < 4.78 is 2.43.